The smallest absolute Gasteiger partial charge is 0.237 e. The van der Waals surface area contributed by atoms with Gasteiger partial charge >= 0.3 is 0 Å². The number of halogens is 1. The van der Waals surface area contributed by atoms with Gasteiger partial charge < -0.3 is 5.73 Å². The van der Waals surface area contributed by atoms with E-state index in [0.717, 1.165) is 0 Å². The molecular formula is C10H15BrN2O2S. The van der Waals surface area contributed by atoms with Gasteiger partial charge in [-0.2, -0.15) is 0 Å². The van der Waals surface area contributed by atoms with Crippen LogP contribution in [-0.4, -0.2) is 13.2 Å². The van der Waals surface area contributed by atoms with Crippen LogP contribution >= 0.6 is 15.9 Å². The maximum atomic E-state index is 11.9. The number of anilines is 2. The van der Waals surface area contributed by atoms with Gasteiger partial charge in [0, 0.05) is 15.8 Å². The number of hydrogen-bond acceptors (Lipinski definition) is 3. The first-order chi connectivity index (χ1) is 7.13. The lowest BCUT2D eigenvalue weighted by atomic mass is 10.3. The van der Waals surface area contributed by atoms with Crippen molar-refractivity contribution in [2.24, 2.45) is 0 Å². The molecule has 0 unspecified atom stereocenters. The van der Waals surface area contributed by atoms with Crippen molar-refractivity contribution in [1.82, 2.24) is 0 Å². The second kappa shape index (κ2) is 4.25. The largest absolute Gasteiger partial charge is 0.398 e. The first kappa shape index (κ1) is 13.3. The summed E-state index contributed by atoms with van der Waals surface area (Å²) in [6.07, 6.45) is 0. The molecule has 0 atom stereocenters. The van der Waals surface area contributed by atoms with Crippen molar-refractivity contribution >= 4 is 37.3 Å². The van der Waals surface area contributed by atoms with Crippen LogP contribution < -0.4 is 10.5 Å². The molecule has 3 N–H and O–H groups in total. The van der Waals surface area contributed by atoms with Gasteiger partial charge in [-0.1, -0.05) is 0 Å². The van der Waals surface area contributed by atoms with Crippen LogP contribution in [-0.2, 0) is 10.0 Å². The number of nitrogens with two attached hydrogens (primary N) is 1. The Hall–Kier alpha value is -0.750. The Bertz CT molecular complexity index is 492. The highest BCUT2D eigenvalue weighted by Crippen LogP contribution is 2.25. The summed E-state index contributed by atoms with van der Waals surface area (Å²) in [4.78, 5) is 0. The fourth-order valence-electron chi connectivity index (χ4n) is 0.899. The lowest BCUT2D eigenvalue weighted by molar-refractivity contribution is 0.566. The van der Waals surface area contributed by atoms with Gasteiger partial charge in [0.25, 0.3) is 0 Å². The molecule has 1 aromatic rings. The minimum atomic E-state index is -3.39. The van der Waals surface area contributed by atoms with E-state index in [0.29, 0.717) is 15.8 Å². The number of benzene rings is 1. The van der Waals surface area contributed by atoms with E-state index >= 15 is 0 Å². The Morgan fingerprint density at radius 2 is 1.88 bits per heavy atom. The zero-order valence-electron chi connectivity index (χ0n) is 9.41. The first-order valence-corrected chi connectivity index (χ1v) is 6.98. The summed E-state index contributed by atoms with van der Waals surface area (Å²) >= 11 is 3.24. The maximum Gasteiger partial charge on any atom is 0.237 e. The molecule has 0 saturated heterocycles. The van der Waals surface area contributed by atoms with Crippen LogP contribution in [0.3, 0.4) is 0 Å². The number of nitrogens with one attached hydrogen (secondary N) is 1. The molecule has 0 aliphatic heterocycles. The molecule has 0 aliphatic rings. The topological polar surface area (TPSA) is 72.2 Å². The molecule has 0 bridgehead atoms. The van der Waals surface area contributed by atoms with Crippen molar-refractivity contribution in [2.45, 2.75) is 25.5 Å². The summed E-state index contributed by atoms with van der Waals surface area (Å²) in [6, 6.07) is 4.91. The zero-order valence-corrected chi connectivity index (χ0v) is 11.8. The molecule has 16 heavy (non-hydrogen) atoms. The normalized spacial score (nSPS) is 12.5. The van der Waals surface area contributed by atoms with Gasteiger partial charge in [-0.25, -0.2) is 8.42 Å². The Morgan fingerprint density at radius 3 is 2.31 bits per heavy atom. The third-order valence-electron chi connectivity index (χ3n) is 2.06. The van der Waals surface area contributed by atoms with Crippen molar-refractivity contribution in [3.8, 4) is 0 Å². The van der Waals surface area contributed by atoms with Crippen LogP contribution in [0.25, 0.3) is 0 Å². The standard InChI is InChI=1S/C10H15BrN2O2S/c1-10(2,3)16(14,15)13-7-4-5-9(12)8(11)6-7/h4-6,13H,12H2,1-3H3. The van der Waals surface area contributed by atoms with Gasteiger partial charge in [0.15, 0.2) is 0 Å². The predicted octanol–water partition coefficient (Wildman–Crippen LogP) is 2.57. The second-order valence-corrected chi connectivity index (χ2v) is 7.74. The van der Waals surface area contributed by atoms with Gasteiger partial charge in [-0.15, -0.1) is 0 Å². The van der Waals surface area contributed by atoms with E-state index in [-0.39, 0.29) is 0 Å². The molecule has 0 fully saturated rings. The molecule has 1 aromatic carbocycles. The van der Waals surface area contributed by atoms with E-state index in [9.17, 15) is 8.42 Å². The molecule has 4 nitrogen and oxygen atoms in total. The van der Waals surface area contributed by atoms with Crippen LogP contribution in [0.15, 0.2) is 22.7 Å². The lowest BCUT2D eigenvalue weighted by Crippen LogP contribution is -2.33. The van der Waals surface area contributed by atoms with E-state index in [1.54, 1.807) is 39.0 Å². The van der Waals surface area contributed by atoms with Crippen molar-refractivity contribution in [2.75, 3.05) is 10.5 Å². The second-order valence-electron chi connectivity index (χ2n) is 4.45. The number of rotatable bonds is 2. The first-order valence-electron chi connectivity index (χ1n) is 4.71. The fourth-order valence-corrected chi connectivity index (χ4v) is 2.02. The molecule has 0 aliphatic carbocycles. The molecule has 1 rings (SSSR count). The fraction of sp³-hybridized carbons (Fsp3) is 0.400. The Kier molecular flexibility index (Phi) is 3.54. The molecule has 0 heterocycles. The summed E-state index contributed by atoms with van der Waals surface area (Å²) < 4.78 is 26.1. The Morgan fingerprint density at radius 1 is 1.31 bits per heavy atom. The average molecular weight is 307 g/mol. The van der Waals surface area contributed by atoms with Crippen molar-refractivity contribution in [1.29, 1.82) is 0 Å². The number of sulfonamides is 1. The molecule has 90 valence electrons. The van der Waals surface area contributed by atoms with Crippen LogP contribution in [0, 0.1) is 0 Å². The third kappa shape index (κ3) is 2.89. The van der Waals surface area contributed by atoms with Gasteiger partial charge in [-0.3, -0.25) is 4.72 Å². The van der Waals surface area contributed by atoms with Gasteiger partial charge in [0.1, 0.15) is 0 Å². The summed E-state index contributed by atoms with van der Waals surface area (Å²) in [5.41, 5.74) is 6.68. The summed E-state index contributed by atoms with van der Waals surface area (Å²) in [5, 5.41) is 0. The summed E-state index contributed by atoms with van der Waals surface area (Å²) in [6.45, 7) is 4.92. The number of hydrogen-bond donors (Lipinski definition) is 2. The molecule has 0 radical (unpaired) electrons. The Balaban J connectivity index is 3.03. The van der Waals surface area contributed by atoms with E-state index in [2.05, 4.69) is 20.7 Å². The highest BCUT2D eigenvalue weighted by Gasteiger charge is 2.28. The molecule has 0 spiro atoms. The minimum Gasteiger partial charge on any atom is -0.398 e. The lowest BCUT2D eigenvalue weighted by Gasteiger charge is -2.20. The zero-order chi connectivity index (χ0) is 12.6. The molecule has 0 aromatic heterocycles. The highest BCUT2D eigenvalue weighted by atomic mass is 79.9. The van der Waals surface area contributed by atoms with E-state index < -0.39 is 14.8 Å². The van der Waals surface area contributed by atoms with Crippen LogP contribution in [0.1, 0.15) is 20.8 Å². The summed E-state index contributed by atoms with van der Waals surface area (Å²) in [5.74, 6) is 0. The van der Waals surface area contributed by atoms with Crippen LogP contribution in [0.5, 0.6) is 0 Å². The maximum absolute atomic E-state index is 11.9. The van der Waals surface area contributed by atoms with Crippen LogP contribution in [0.2, 0.25) is 0 Å². The van der Waals surface area contributed by atoms with E-state index in [4.69, 9.17) is 5.73 Å². The third-order valence-corrected chi connectivity index (χ3v) is 4.86. The molecular weight excluding hydrogens is 292 g/mol. The van der Waals surface area contributed by atoms with Gasteiger partial charge in [0.05, 0.1) is 4.75 Å². The van der Waals surface area contributed by atoms with Crippen LogP contribution in [0.4, 0.5) is 11.4 Å². The minimum absolute atomic E-state index is 0.496. The molecule has 6 heteroatoms. The average Bonchev–Trinajstić information content (AvgIpc) is 2.09. The van der Waals surface area contributed by atoms with Gasteiger partial charge in [0.2, 0.25) is 10.0 Å². The SMILES string of the molecule is CC(C)(C)S(=O)(=O)Nc1ccc(N)c(Br)c1. The van der Waals surface area contributed by atoms with Gasteiger partial charge in [-0.05, 0) is 54.9 Å². The van der Waals surface area contributed by atoms with E-state index in [1.807, 2.05) is 0 Å². The van der Waals surface area contributed by atoms with Crippen molar-refractivity contribution < 1.29 is 8.42 Å². The number of nitrogen functional groups attached to an aromatic ring is 1. The monoisotopic (exact) mass is 306 g/mol. The molecule has 0 saturated carbocycles. The quantitative estimate of drug-likeness (QED) is 0.825. The predicted molar refractivity (Wildman–Crippen MR) is 70.8 cm³/mol. The highest BCUT2D eigenvalue weighted by molar-refractivity contribution is 9.10. The summed E-state index contributed by atoms with van der Waals surface area (Å²) in [7, 11) is -3.39. The van der Waals surface area contributed by atoms with E-state index in [1.165, 1.54) is 0 Å². The molecule has 0 amide bonds. The van der Waals surface area contributed by atoms with Crippen molar-refractivity contribution in [3.63, 3.8) is 0 Å². The van der Waals surface area contributed by atoms with Crippen molar-refractivity contribution in [3.05, 3.63) is 22.7 Å². The Labute approximate surface area is 104 Å².